The molecule has 2 aromatic rings. The molecule has 1 saturated carbocycles. The number of rotatable bonds is 5. The average Bonchev–Trinajstić information content (AvgIpc) is 2.79. The van der Waals surface area contributed by atoms with E-state index in [0.717, 1.165) is 50.0 Å². The highest BCUT2D eigenvalue weighted by molar-refractivity contribution is 5.94. The van der Waals surface area contributed by atoms with Crippen molar-refractivity contribution in [1.82, 2.24) is 4.90 Å². The van der Waals surface area contributed by atoms with Crippen LogP contribution in [0.3, 0.4) is 0 Å². The summed E-state index contributed by atoms with van der Waals surface area (Å²) in [5, 5.41) is 11.4. The van der Waals surface area contributed by atoms with Crippen LogP contribution in [-0.4, -0.2) is 41.1 Å². The fourth-order valence-electron chi connectivity index (χ4n) is 5.58. The van der Waals surface area contributed by atoms with Gasteiger partial charge in [-0.05, 0) is 69.0 Å². The molecule has 1 N–H and O–H groups in total. The van der Waals surface area contributed by atoms with Crippen LogP contribution in [0.1, 0.15) is 67.9 Å². The molecule has 5 heteroatoms. The van der Waals surface area contributed by atoms with Crippen molar-refractivity contribution in [2.24, 2.45) is 5.92 Å². The van der Waals surface area contributed by atoms with Crippen molar-refractivity contribution in [1.29, 1.82) is 0 Å². The number of carbonyl (C=O) groups excluding carboxylic acids is 1. The van der Waals surface area contributed by atoms with Gasteiger partial charge in [0.05, 0.1) is 11.6 Å². The lowest BCUT2D eigenvalue weighted by molar-refractivity contribution is -0.115. The third kappa shape index (κ3) is 4.20. The van der Waals surface area contributed by atoms with Crippen molar-refractivity contribution in [2.75, 3.05) is 24.5 Å². The number of benzene rings is 2. The summed E-state index contributed by atoms with van der Waals surface area (Å²) < 4.78 is 13.8. The summed E-state index contributed by atoms with van der Waals surface area (Å²) in [5.41, 5.74) is 1.84. The molecule has 166 valence electrons. The second-order valence-corrected chi connectivity index (χ2v) is 8.92. The molecule has 1 aliphatic carbocycles. The van der Waals surface area contributed by atoms with E-state index in [0.29, 0.717) is 18.5 Å². The van der Waals surface area contributed by atoms with Gasteiger partial charge in [0, 0.05) is 36.8 Å². The minimum atomic E-state index is -0.737. The first kappa shape index (κ1) is 21.8. The van der Waals surface area contributed by atoms with Crippen LogP contribution in [0.4, 0.5) is 10.1 Å². The molecule has 3 atom stereocenters. The van der Waals surface area contributed by atoms with Crippen LogP contribution >= 0.6 is 0 Å². The van der Waals surface area contributed by atoms with Crippen LogP contribution in [0, 0.1) is 11.7 Å². The van der Waals surface area contributed by atoms with Gasteiger partial charge in [-0.25, -0.2) is 4.39 Å². The maximum atomic E-state index is 13.8. The van der Waals surface area contributed by atoms with Gasteiger partial charge in [0.2, 0.25) is 0 Å². The van der Waals surface area contributed by atoms with E-state index >= 15 is 0 Å². The van der Waals surface area contributed by atoms with Gasteiger partial charge < -0.3 is 14.9 Å². The lowest BCUT2D eigenvalue weighted by Gasteiger charge is -2.52. The van der Waals surface area contributed by atoms with E-state index in [1.165, 1.54) is 12.1 Å². The van der Waals surface area contributed by atoms with Gasteiger partial charge in [-0.15, -0.1) is 0 Å². The summed E-state index contributed by atoms with van der Waals surface area (Å²) in [6.07, 6.45) is 4.34. The Morgan fingerprint density at radius 3 is 2.55 bits per heavy atom. The monoisotopic (exact) mass is 424 g/mol. The number of anilines is 1. The second-order valence-electron chi connectivity index (χ2n) is 8.92. The highest BCUT2D eigenvalue weighted by Gasteiger charge is 2.50. The molecule has 0 unspecified atom stereocenters. The van der Waals surface area contributed by atoms with E-state index in [1.807, 2.05) is 4.90 Å². The lowest BCUT2D eigenvalue weighted by atomic mass is 9.66. The topological polar surface area (TPSA) is 43.8 Å². The number of likely N-dealkylation sites (tertiary alicyclic amines) is 1. The van der Waals surface area contributed by atoms with E-state index < -0.39 is 11.4 Å². The van der Waals surface area contributed by atoms with Gasteiger partial charge in [0.15, 0.2) is 0 Å². The Hall–Kier alpha value is -2.40. The Bertz CT molecular complexity index is 912. The zero-order chi connectivity index (χ0) is 22.0. The van der Waals surface area contributed by atoms with Crippen molar-refractivity contribution in [3.63, 3.8) is 0 Å². The van der Waals surface area contributed by atoms with Crippen molar-refractivity contribution in [3.05, 3.63) is 65.5 Å². The molecule has 2 aromatic carbocycles. The van der Waals surface area contributed by atoms with Crippen molar-refractivity contribution in [3.8, 4) is 0 Å². The first-order valence-corrected chi connectivity index (χ1v) is 11.6. The predicted molar refractivity (Wildman–Crippen MR) is 122 cm³/mol. The molecule has 1 heterocycles. The molecule has 4 rings (SSSR count). The summed E-state index contributed by atoms with van der Waals surface area (Å²) in [6, 6.07) is 14.1. The molecular formula is C26H33FN2O2. The highest BCUT2D eigenvalue weighted by Crippen LogP contribution is 2.49. The fourth-order valence-corrected chi connectivity index (χ4v) is 5.58. The lowest BCUT2D eigenvalue weighted by Crippen LogP contribution is -2.56. The molecular weight excluding hydrogens is 391 g/mol. The Labute approximate surface area is 184 Å². The van der Waals surface area contributed by atoms with Gasteiger partial charge in [-0.2, -0.15) is 0 Å². The van der Waals surface area contributed by atoms with E-state index in [4.69, 9.17) is 0 Å². The van der Waals surface area contributed by atoms with E-state index in [2.05, 4.69) is 43.0 Å². The van der Waals surface area contributed by atoms with E-state index in [-0.39, 0.29) is 17.9 Å². The number of halogens is 1. The SMILES string of the molecule is CCN(CC)c1ccc([C@H]2[C@@H]3CCCC[C@]3(O)CCN2C(=O)c2cccc(F)c2)cc1. The molecule has 1 aliphatic heterocycles. The molecule has 4 nitrogen and oxygen atoms in total. The van der Waals surface area contributed by atoms with Gasteiger partial charge in [-0.1, -0.05) is 31.0 Å². The quantitative estimate of drug-likeness (QED) is 0.719. The zero-order valence-electron chi connectivity index (χ0n) is 18.6. The number of hydrogen-bond acceptors (Lipinski definition) is 3. The molecule has 2 aliphatic rings. The summed E-state index contributed by atoms with van der Waals surface area (Å²) in [4.78, 5) is 17.6. The number of hydrogen-bond donors (Lipinski definition) is 1. The summed E-state index contributed by atoms with van der Waals surface area (Å²) in [6.45, 7) is 6.63. The molecule has 2 fully saturated rings. The van der Waals surface area contributed by atoms with Gasteiger partial charge in [-0.3, -0.25) is 4.79 Å². The van der Waals surface area contributed by atoms with Crippen LogP contribution in [0.25, 0.3) is 0 Å². The minimum absolute atomic E-state index is 0.00758. The Morgan fingerprint density at radius 1 is 1.13 bits per heavy atom. The molecule has 31 heavy (non-hydrogen) atoms. The van der Waals surface area contributed by atoms with Crippen molar-refractivity contribution < 1.29 is 14.3 Å². The Balaban J connectivity index is 1.71. The summed E-state index contributed by atoms with van der Waals surface area (Å²) in [7, 11) is 0. The number of fused-ring (bicyclic) bond motifs is 1. The number of carbonyl (C=O) groups is 1. The zero-order valence-corrected chi connectivity index (χ0v) is 18.6. The van der Waals surface area contributed by atoms with Crippen LogP contribution in [0.5, 0.6) is 0 Å². The molecule has 0 spiro atoms. The molecule has 1 saturated heterocycles. The molecule has 0 bridgehead atoms. The molecule has 0 aromatic heterocycles. The van der Waals surface area contributed by atoms with Crippen LogP contribution < -0.4 is 4.90 Å². The Kier molecular flexibility index (Phi) is 6.33. The smallest absolute Gasteiger partial charge is 0.254 e. The summed E-state index contributed by atoms with van der Waals surface area (Å²) in [5.74, 6) is -0.575. The first-order valence-electron chi connectivity index (χ1n) is 11.6. The standard InChI is InChI=1S/C26H33FN2O2/c1-3-28(4-2)22-13-11-19(12-14-22)24-23-10-5-6-15-26(23,31)16-17-29(24)25(30)20-8-7-9-21(27)18-20/h7-9,11-14,18,23-24,31H,3-6,10,15-17H2,1-2H3/t23-,24-,26-/m0/s1. The van der Waals surface area contributed by atoms with E-state index in [1.54, 1.807) is 12.1 Å². The largest absolute Gasteiger partial charge is 0.389 e. The first-order chi connectivity index (χ1) is 15.0. The van der Waals surface area contributed by atoms with Gasteiger partial charge in [0.25, 0.3) is 5.91 Å². The van der Waals surface area contributed by atoms with Crippen LogP contribution in [-0.2, 0) is 0 Å². The van der Waals surface area contributed by atoms with Gasteiger partial charge >= 0.3 is 0 Å². The average molecular weight is 425 g/mol. The highest BCUT2D eigenvalue weighted by atomic mass is 19.1. The predicted octanol–water partition coefficient (Wildman–Crippen LogP) is 5.18. The van der Waals surface area contributed by atoms with E-state index in [9.17, 15) is 14.3 Å². The number of nitrogens with zero attached hydrogens (tertiary/aromatic N) is 2. The van der Waals surface area contributed by atoms with Crippen molar-refractivity contribution >= 4 is 11.6 Å². The van der Waals surface area contributed by atoms with Crippen LogP contribution in [0.15, 0.2) is 48.5 Å². The van der Waals surface area contributed by atoms with Crippen molar-refractivity contribution in [2.45, 2.75) is 57.6 Å². The number of piperidine rings is 1. The van der Waals surface area contributed by atoms with Crippen LogP contribution in [0.2, 0.25) is 0 Å². The van der Waals surface area contributed by atoms with Gasteiger partial charge in [0.1, 0.15) is 5.82 Å². The normalized spacial score (nSPS) is 25.7. The third-order valence-corrected chi connectivity index (χ3v) is 7.26. The fraction of sp³-hybridized carbons (Fsp3) is 0.500. The third-order valence-electron chi connectivity index (χ3n) is 7.26. The maximum Gasteiger partial charge on any atom is 0.254 e. The maximum absolute atomic E-state index is 13.8. The molecule has 1 amide bonds. The second kappa shape index (κ2) is 8.99. The molecule has 0 radical (unpaired) electrons. The minimum Gasteiger partial charge on any atom is -0.389 e. The number of aliphatic hydroxyl groups is 1. The number of amides is 1. The Morgan fingerprint density at radius 2 is 1.87 bits per heavy atom. The summed E-state index contributed by atoms with van der Waals surface area (Å²) >= 11 is 0.